The molecule has 0 saturated carbocycles. The third kappa shape index (κ3) is 2.50. The van der Waals surface area contributed by atoms with Gasteiger partial charge in [-0.3, -0.25) is 4.90 Å². The average Bonchev–Trinajstić information content (AvgIpc) is 3.33. The van der Waals surface area contributed by atoms with Crippen molar-refractivity contribution >= 4 is 11.8 Å². The van der Waals surface area contributed by atoms with E-state index in [1.807, 2.05) is 0 Å². The molecule has 2 nitrogen and oxygen atoms in total. The third-order valence-electron chi connectivity index (χ3n) is 8.00. The largest absolute Gasteiger partial charge is 0.366 e. The van der Waals surface area contributed by atoms with Crippen LogP contribution in [0.2, 0.25) is 0 Å². The number of para-hydroxylation sites is 1. The summed E-state index contributed by atoms with van der Waals surface area (Å²) in [5.41, 5.74) is 6.61. The molecule has 28 heavy (non-hydrogen) atoms. The van der Waals surface area contributed by atoms with Crippen LogP contribution >= 0.6 is 0 Å². The Morgan fingerprint density at radius 2 is 1.71 bits per heavy atom. The van der Waals surface area contributed by atoms with Crippen molar-refractivity contribution in [3.63, 3.8) is 0 Å². The number of allylic oxidation sites excluding steroid dienone is 1. The first-order valence-electron chi connectivity index (χ1n) is 11.2. The van der Waals surface area contributed by atoms with E-state index in [0.29, 0.717) is 11.6 Å². The monoisotopic (exact) mass is 370 g/mol. The van der Waals surface area contributed by atoms with Crippen LogP contribution in [0, 0.1) is 0 Å². The predicted molar refractivity (Wildman–Crippen MR) is 117 cm³/mol. The van der Waals surface area contributed by atoms with Crippen molar-refractivity contribution in [2.45, 2.75) is 56.0 Å². The summed E-state index contributed by atoms with van der Waals surface area (Å²) in [6, 6.07) is 18.8. The van der Waals surface area contributed by atoms with Crippen LogP contribution in [0.1, 0.15) is 67.2 Å². The first-order valence-corrected chi connectivity index (χ1v) is 11.2. The summed E-state index contributed by atoms with van der Waals surface area (Å²) in [6.45, 7) is 3.73. The van der Waals surface area contributed by atoms with Crippen molar-refractivity contribution in [3.05, 3.63) is 71.3 Å². The zero-order valence-corrected chi connectivity index (χ0v) is 16.7. The van der Waals surface area contributed by atoms with Gasteiger partial charge in [0.05, 0.1) is 0 Å². The second kappa shape index (κ2) is 6.49. The molecule has 2 aromatic carbocycles. The van der Waals surface area contributed by atoms with E-state index in [-0.39, 0.29) is 0 Å². The minimum Gasteiger partial charge on any atom is -0.366 e. The van der Waals surface area contributed by atoms with Crippen LogP contribution in [-0.2, 0) is 0 Å². The smallest absolute Gasteiger partial charge is 0.0427 e. The highest BCUT2D eigenvalue weighted by molar-refractivity contribution is 5.62. The number of benzene rings is 2. The lowest BCUT2D eigenvalue weighted by Gasteiger charge is -2.47. The molecule has 2 aliphatic heterocycles. The highest BCUT2D eigenvalue weighted by atomic mass is 15.3. The molecule has 0 N–H and O–H groups in total. The molecule has 2 fully saturated rings. The van der Waals surface area contributed by atoms with Gasteiger partial charge in [0.15, 0.2) is 0 Å². The quantitative estimate of drug-likeness (QED) is 0.662. The Kier molecular flexibility index (Phi) is 3.91. The van der Waals surface area contributed by atoms with Crippen LogP contribution in [0.25, 0.3) is 6.08 Å². The first-order chi connectivity index (χ1) is 13.8. The van der Waals surface area contributed by atoms with Gasteiger partial charge in [-0.1, -0.05) is 48.6 Å². The number of nitrogens with zero attached hydrogens (tertiary/aromatic N) is 2. The van der Waals surface area contributed by atoms with Gasteiger partial charge in [-0.15, -0.1) is 0 Å². The van der Waals surface area contributed by atoms with Crippen molar-refractivity contribution in [2.75, 3.05) is 24.5 Å². The molecule has 2 saturated heterocycles. The number of hydrogen-bond donors (Lipinski definition) is 0. The zero-order chi connectivity index (χ0) is 18.6. The molecule has 2 aromatic rings. The lowest BCUT2D eigenvalue weighted by molar-refractivity contribution is 0.115. The number of rotatable bonds is 2. The van der Waals surface area contributed by atoms with E-state index < -0.39 is 0 Å². The van der Waals surface area contributed by atoms with Crippen molar-refractivity contribution in [1.29, 1.82) is 0 Å². The van der Waals surface area contributed by atoms with Gasteiger partial charge in [0.1, 0.15) is 0 Å². The van der Waals surface area contributed by atoms with Crippen molar-refractivity contribution in [1.82, 2.24) is 4.90 Å². The Labute approximate surface area is 168 Å². The highest BCUT2D eigenvalue weighted by Crippen LogP contribution is 2.51. The van der Waals surface area contributed by atoms with Crippen LogP contribution < -0.4 is 4.90 Å². The molecule has 1 spiro atoms. The Morgan fingerprint density at radius 1 is 0.857 bits per heavy atom. The van der Waals surface area contributed by atoms with Crippen LogP contribution in [0.5, 0.6) is 0 Å². The minimum atomic E-state index is 0.399. The molecule has 4 aliphatic rings. The van der Waals surface area contributed by atoms with Crippen LogP contribution in [0.15, 0.2) is 54.6 Å². The first kappa shape index (κ1) is 16.9. The van der Waals surface area contributed by atoms with Crippen molar-refractivity contribution < 1.29 is 0 Å². The normalized spacial score (nSPS) is 28.1. The summed E-state index contributed by atoms with van der Waals surface area (Å²) in [6.07, 6.45) is 12.6. The maximum Gasteiger partial charge on any atom is 0.0427 e. The Balaban J connectivity index is 1.23. The molecule has 0 bridgehead atoms. The number of piperidine rings is 1. The Hall–Kier alpha value is -2.06. The Morgan fingerprint density at radius 3 is 2.57 bits per heavy atom. The summed E-state index contributed by atoms with van der Waals surface area (Å²) < 4.78 is 0. The molecule has 2 heteroatoms. The Bertz CT molecular complexity index is 892. The SMILES string of the molecule is C1=Cc2cccc3c2C(C1)CC3N1CCC2(CCCN2c2ccccc2)CC1. The maximum absolute atomic E-state index is 2.82. The lowest BCUT2D eigenvalue weighted by Crippen LogP contribution is -2.52. The average molecular weight is 371 g/mol. The molecule has 0 radical (unpaired) electrons. The molecule has 6 rings (SSSR count). The molecule has 2 heterocycles. The number of likely N-dealkylation sites (tertiary alicyclic amines) is 1. The third-order valence-corrected chi connectivity index (χ3v) is 8.00. The second-order valence-corrected chi connectivity index (χ2v) is 9.29. The van der Waals surface area contributed by atoms with Gasteiger partial charge < -0.3 is 4.90 Å². The second-order valence-electron chi connectivity index (χ2n) is 9.29. The van der Waals surface area contributed by atoms with Crippen LogP contribution in [0.4, 0.5) is 5.69 Å². The highest BCUT2D eigenvalue weighted by Gasteiger charge is 2.45. The van der Waals surface area contributed by atoms with E-state index in [2.05, 4.69) is 70.5 Å². The van der Waals surface area contributed by atoms with E-state index in [1.54, 1.807) is 11.1 Å². The minimum absolute atomic E-state index is 0.399. The van der Waals surface area contributed by atoms with E-state index in [9.17, 15) is 0 Å². The number of anilines is 1. The molecule has 0 aromatic heterocycles. The fraction of sp³-hybridized carbons (Fsp3) is 0.462. The summed E-state index contributed by atoms with van der Waals surface area (Å²) >= 11 is 0. The molecular formula is C26H30N2. The molecule has 2 atom stereocenters. The molecule has 2 unspecified atom stereocenters. The van der Waals surface area contributed by atoms with Crippen molar-refractivity contribution in [3.8, 4) is 0 Å². The van der Waals surface area contributed by atoms with Gasteiger partial charge >= 0.3 is 0 Å². The molecule has 2 aliphatic carbocycles. The zero-order valence-electron chi connectivity index (χ0n) is 16.7. The fourth-order valence-electron chi connectivity index (χ4n) is 6.66. The molecule has 144 valence electrons. The molecule has 0 amide bonds. The topological polar surface area (TPSA) is 6.48 Å². The summed E-state index contributed by atoms with van der Waals surface area (Å²) in [5, 5.41) is 0. The fourth-order valence-corrected chi connectivity index (χ4v) is 6.66. The predicted octanol–water partition coefficient (Wildman–Crippen LogP) is 5.77. The van der Waals surface area contributed by atoms with Crippen molar-refractivity contribution in [2.24, 2.45) is 0 Å². The van der Waals surface area contributed by atoms with Gasteiger partial charge in [-0.05, 0) is 73.3 Å². The summed E-state index contributed by atoms with van der Waals surface area (Å²) in [4.78, 5) is 5.56. The maximum atomic E-state index is 2.82. The van der Waals surface area contributed by atoms with Gasteiger partial charge in [0.2, 0.25) is 0 Å². The van der Waals surface area contributed by atoms with Gasteiger partial charge in [0.25, 0.3) is 0 Å². The summed E-state index contributed by atoms with van der Waals surface area (Å²) in [5.74, 6) is 0.754. The van der Waals surface area contributed by atoms with E-state index in [1.165, 1.54) is 69.4 Å². The lowest BCUT2D eigenvalue weighted by atomic mass is 9.83. The van der Waals surface area contributed by atoms with Crippen LogP contribution in [0.3, 0.4) is 0 Å². The van der Waals surface area contributed by atoms with Gasteiger partial charge in [0, 0.05) is 36.9 Å². The standard InChI is InChI=1S/C26H30N2/c1-2-10-22(11-3-1)28-16-6-13-26(28)14-17-27(18-15-26)24-19-21-9-4-7-20-8-5-12-23(24)25(20)21/h1-5,7-8,10-12,21,24H,6,9,13-19H2. The van der Waals surface area contributed by atoms with Gasteiger partial charge in [-0.2, -0.15) is 0 Å². The van der Waals surface area contributed by atoms with E-state index in [4.69, 9.17) is 0 Å². The molecular weight excluding hydrogens is 340 g/mol. The van der Waals surface area contributed by atoms with E-state index >= 15 is 0 Å². The van der Waals surface area contributed by atoms with Crippen LogP contribution in [-0.4, -0.2) is 30.1 Å². The van der Waals surface area contributed by atoms with Gasteiger partial charge in [-0.25, -0.2) is 0 Å². The number of hydrogen-bond acceptors (Lipinski definition) is 2. The summed E-state index contributed by atoms with van der Waals surface area (Å²) in [7, 11) is 0. The van der Waals surface area contributed by atoms with E-state index in [0.717, 1.165) is 5.92 Å².